The Bertz CT molecular complexity index is 1650. The van der Waals surface area contributed by atoms with E-state index in [9.17, 15) is 30.3 Å². The Hall–Kier alpha value is 1.73. The monoisotopic (exact) mass is 1170 g/mol. The average molecular weight is 1170 g/mol. The maximum absolute atomic E-state index is 14.4. The summed E-state index contributed by atoms with van der Waals surface area (Å²) in [4.78, 5) is 24.6. The van der Waals surface area contributed by atoms with Crippen LogP contribution in [0.15, 0.2) is 39.2 Å². The minimum atomic E-state index is -1.95. The quantitative estimate of drug-likeness (QED) is 0.167. The van der Waals surface area contributed by atoms with Crippen LogP contribution in [0.25, 0.3) is 0 Å². The third-order valence-electron chi connectivity index (χ3n) is 13.4. The summed E-state index contributed by atoms with van der Waals surface area (Å²) in [6.07, 6.45) is -9.35. The number of benzene rings is 1. The Morgan fingerprint density at radius 1 is 0.875 bits per heavy atom. The minimum absolute atomic E-state index is 0. The fraction of sp³-hybridized carbons (Fsp3) is 0.818. The molecule has 15 nitrogen and oxygen atoms in total. The van der Waals surface area contributed by atoms with Crippen LogP contribution in [-0.2, 0) is 136 Å². The van der Waals surface area contributed by atoms with Crippen molar-refractivity contribution in [3.05, 3.63) is 24.3 Å². The van der Waals surface area contributed by atoms with Crippen molar-refractivity contribution in [3.63, 3.8) is 0 Å². The number of hydrogen-bond donors (Lipinski definition) is 5. The smallest absolute Gasteiger partial charge is 0.311 e. The molecular weight excluding hydrogens is 1100 g/mol. The molecule has 64 heavy (non-hydrogen) atoms. The molecule has 3 saturated heterocycles. The van der Waals surface area contributed by atoms with Gasteiger partial charge in [0, 0.05) is 145 Å². The average Bonchev–Trinajstić information content (AvgIpc) is 3.62. The van der Waals surface area contributed by atoms with Crippen LogP contribution in [-0.4, -0.2) is 152 Å². The number of rotatable bonds is 9. The standard InChI is InChI=1S/C44H72N2O13S2.3Y/c1-14-31-44(10,52)36(48)24(4)33(45-59-41-60-29-17-15-16-18-30(29)61-41)22(2)20-42(8,51)38(58-40-34(47)28(46(11)12)19-23(3)54-40)25(5)35(26(6)39(50)56-31)57-32-21-43(9,53-13)37(49)27(7)55-32;;;/h15-18,22-28,31-32,34-38,40-41,47-49,51-52H,14,19-21H2,1-13H3;;;/b45-33+;;;/t22-,23?,24+,25+,26-,27?,28?,31-,32?,34?,35+,36-,37?,38-,40?,42-,43?,44-;;;/m1.../s1. The number of methoxy groups -OCH3 is 1. The van der Waals surface area contributed by atoms with Crippen molar-refractivity contribution < 1.29 is 162 Å². The van der Waals surface area contributed by atoms with Crippen molar-refractivity contribution in [2.75, 3.05) is 21.2 Å². The molecule has 20 heteroatoms. The molecule has 1 aromatic carbocycles. The Morgan fingerprint density at radius 3 is 2.02 bits per heavy atom. The maximum atomic E-state index is 14.4. The Kier molecular flexibility index (Phi) is 25.0. The molecule has 0 aliphatic carbocycles. The van der Waals surface area contributed by atoms with E-state index in [-0.39, 0.29) is 130 Å². The zero-order chi connectivity index (χ0) is 45.4. The second-order valence-corrected chi connectivity index (χ2v) is 21.2. The van der Waals surface area contributed by atoms with E-state index in [1.807, 2.05) is 57.1 Å². The van der Waals surface area contributed by atoms with Crippen molar-refractivity contribution >= 4 is 35.2 Å². The van der Waals surface area contributed by atoms with Gasteiger partial charge in [-0.15, -0.1) is 0 Å². The van der Waals surface area contributed by atoms with Gasteiger partial charge in [0.15, 0.2) is 12.6 Å². The number of oxime groups is 1. The first-order chi connectivity index (χ1) is 28.4. The number of carbonyl (C=O) groups excluding carboxylic acids is 1. The zero-order valence-corrected chi connectivity index (χ0v) is 50.0. The summed E-state index contributed by atoms with van der Waals surface area (Å²) >= 11 is 3.01. The van der Waals surface area contributed by atoms with Crippen molar-refractivity contribution in [2.24, 2.45) is 28.8 Å². The predicted octanol–water partition coefficient (Wildman–Crippen LogP) is 4.76. The molecule has 3 fully saturated rings. The molecule has 0 amide bonds. The Labute approximate surface area is 464 Å². The number of nitrogens with zero attached hydrogens (tertiary/aromatic N) is 2. The molecule has 4 aliphatic rings. The third kappa shape index (κ3) is 14.2. The van der Waals surface area contributed by atoms with E-state index in [1.165, 1.54) is 37.6 Å². The van der Waals surface area contributed by atoms with Crippen molar-refractivity contribution in [1.29, 1.82) is 0 Å². The van der Waals surface area contributed by atoms with Crippen LogP contribution in [0.5, 0.6) is 0 Å². The molecule has 18 atom stereocenters. The van der Waals surface area contributed by atoms with Gasteiger partial charge in [0.1, 0.15) is 23.9 Å². The van der Waals surface area contributed by atoms with Crippen molar-refractivity contribution in [1.82, 2.24) is 4.90 Å². The van der Waals surface area contributed by atoms with E-state index < -0.39 is 107 Å². The van der Waals surface area contributed by atoms with Crippen LogP contribution in [0.1, 0.15) is 94.9 Å². The second kappa shape index (κ2) is 25.9. The number of esters is 1. The molecule has 5 N–H and O–H groups in total. The van der Waals surface area contributed by atoms with Gasteiger partial charge in [-0.1, -0.05) is 68.5 Å². The molecule has 4 aliphatic heterocycles. The van der Waals surface area contributed by atoms with Crippen LogP contribution >= 0.6 is 23.5 Å². The largest absolute Gasteiger partial charge is 0.459 e. The number of ether oxygens (including phenoxy) is 6. The number of aliphatic hydroxyl groups is 5. The van der Waals surface area contributed by atoms with E-state index in [0.29, 0.717) is 12.1 Å². The fourth-order valence-corrected chi connectivity index (χ4v) is 12.0. The first-order valence-corrected chi connectivity index (χ1v) is 23.4. The van der Waals surface area contributed by atoms with Crippen molar-refractivity contribution in [3.8, 4) is 0 Å². The SMILES string of the molecule is CC[C@H]1OC(=O)[C@H](C)[C@@H](OC2CC(C)(OC)C(O)C(C)O2)[C@H](C)[C@@H](OC2OC(C)CC(N(C)C)C2O)[C@](C)(O)C[C@@H](C)/C(=N\OC2Sc3ccccc3S2)[C@H](C)[C@@H](O)[C@]1(C)O.[Y].[Y].[Y]. The molecule has 0 bridgehead atoms. The van der Waals surface area contributed by atoms with Crippen molar-refractivity contribution in [2.45, 2.75) is 194 Å². The molecule has 1 aromatic rings. The van der Waals surface area contributed by atoms with E-state index in [2.05, 4.69) is 5.16 Å². The molecule has 0 saturated carbocycles. The number of carbonyl (C=O) groups is 1. The van der Waals surface area contributed by atoms with E-state index in [4.69, 9.17) is 33.3 Å². The van der Waals surface area contributed by atoms with Crippen LogP contribution in [0.3, 0.4) is 0 Å². The van der Waals surface area contributed by atoms with Gasteiger partial charge in [0.05, 0.1) is 53.4 Å². The summed E-state index contributed by atoms with van der Waals surface area (Å²) in [5.41, 5.74) is -4.39. The van der Waals surface area contributed by atoms with Gasteiger partial charge >= 0.3 is 5.97 Å². The van der Waals surface area contributed by atoms with Gasteiger partial charge in [0.2, 0.25) is 4.77 Å². The molecule has 5 rings (SSSR count). The van der Waals surface area contributed by atoms with Gasteiger partial charge in [-0.25, -0.2) is 0 Å². The van der Waals surface area contributed by atoms with Crippen LogP contribution in [0.4, 0.5) is 0 Å². The van der Waals surface area contributed by atoms with Gasteiger partial charge in [-0.05, 0) is 87.0 Å². The molecule has 3 radical (unpaired) electrons. The summed E-state index contributed by atoms with van der Waals surface area (Å²) in [6, 6.07) is 7.61. The summed E-state index contributed by atoms with van der Waals surface area (Å²) in [7, 11) is 5.25. The number of cyclic esters (lactones) is 1. The van der Waals surface area contributed by atoms with Gasteiger partial charge in [-0.3, -0.25) is 4.79 Å². The Morgan fingerprint density at radius 2 is 1.47 bits per heavy atom. The molecular formula is C44H72N2O13S2Y3. The number of likely N-dealkylation sites (N-methyl/N-ethyl adjacent to an activating group) is 1. The van der Waals surface area contributed by atoms with Crippen LogP contribution < -0.4 is 0 Å². The van der Waals surface area contributed by atoms with E-state index >= 15 is 0 Å². The first-order valence-electron chi connectivity index (χ1n) is 21.6. The van der Waals surface area contributed by atoms with Crippen LogP contribution in [0, 0.1) is 23.7 Å². The number of thioether (sulfide) groups is 2. The predicted molar refractivity (Wildman–Crippen MR) is 232 cm³/mol. The molecule has 4 heterocycles. The third-order valence-corrected chi connectivity index (χ3v) is 15.9. The zero-order valence-electron chi connectivity index (χ0n) is 39.8. The second-order valence-electron chi connectivity index (χ2n) is 18.7. The summed E-state index contributed by atoms with van der Waals surface area (Å²) in [5.74, 6) is -4.05. The number of hydrogen-bond acceptors (Lipinski definition) is 17. The number of fused-ring (bicyclic) bond motifs is 1. The van der Waals surface area contributed by atoms with Crippen LogP contribution in [0.2, 0.25) is 0 Å². The van der Waals surface area contributed by atoms with Gasteiger partial charge < -0.3 is 63.7 Å². The first kappa shape index (κ1) is 61.9. The molecule has 357 valence electrons. The number of aliphatic hydroxyl groups excluding tert-OH is 3. The van der Waals surface area contributed by atoms with Gasteiger partial charge in [-0.2, -0.15) is 0 Å². The Balaban J connectivity index is 0.00000469. The normalized spacial score (nSPS) is 43.2. The molecule has 0 spiro atoms. The van der Waals surface area contributed by atoms with E-state index in [1.54, 1.807) is 48.5 Å². The van der Waals surface area contributed by atoms with Gasteiger partial charge in [0.25, 0.3) is 0 Å². The topological polar surface area (TPSA) is 198 Å². The fourth-order valence-electron chi connectivity index (χ4n) is 9.62. The summed E-state index contributed by atoms with van der Waals surface area (Å²) in [6.45, 7) is 17.2. The summed E-state index contributed by atoms with van der Waals surface area (Å²) in [5, 5.41) is 64.5. The summed E-state index contributed by atoms with van der Waals surface area (Å²) < 4.78 is 37.5. The van der Waals surface area contributed by atoms with E-state index in [0.717, 1.165) is 9.79 Å². The minimum Gasteiger partial charge on any atom is -0.459 e. The molecule has 8 unspecified atom stereocenters. The maximum Gasteiger partial charge on any atom is 0.311 e. The molecule has 0 aromatic heterocycles.